The molecule has 0 saturated carbocycles. The minimum Gasteiger partial charge on any atom is -0.347 e. The van der Waals surface area contributed by atoms with Gasteiger partial charge in [0.15, 0.2) is 5.79 Å². The molecule has 2 aliphatic heterocycles. The summed E-state index contributed by atoms with van der Waals surface area (Å²) in [6.45, 7) is 11.5. The van der Waals surface area contributed by atoms with Crippen molar-refractivity contribution in [1.82, 2.24) is 5.06 Å². The van der Waals surface area contributed by atoms with Gasteiger partial charge in [-0.25, -0.2) is 0 Å². The molecule has 2 fully saturated rings. The van der Waals surface area contributed by atoms with Gasteiger partial charge in [0.05, 0.1) is 18.2 Å². The molecule has 1 spiro atoms. The zero-order valence-electron chi connectivity index (χ0n) is 18.7. The predicted molar refractivity (Wildman–Crippen MR) is 111 cm³/mol. The Morgan fingerprint density at radius 2 is 1.48 bits per heavy atom. The molecular formula is C23H45NO3. The molecule has 1 N–H and O–H groups in total. The van der Waals surface area contributed by atoms with Crippen LogP contribution < -0.4 is 0 Å². The zero-order valence-corrected chi connectivity index (χ0v) is 18.7. The Bertz CT molecular complexity index is 435. The number of rotatable bonds is 11. The molecule has 4 nitrogen and oxygen atoms in total. The highest BCUT2D eigenvalue weighted by Gasteiger charge is 2.58. The van der Waals surface area contributed by atoms with E-state index in [2.05, 4.69) is 34.6 Å². The zero-order chi connectivity index (χ0) is 20.0. The second-order valence-electron chi connectivity index (χ2n) is 9.63. The van der Waals surface area contributed by atoms with Crippen LogP contribution in [0.1, 0.15) is 118 Å². The SMILES string of the molecule is CCCCCCCCCCC1COC2(CC(C)(C)N(O)C(CC)(CC)C2)O1. The molecule has 2 unspecified atom stereocenters. The summed E-state index contributed by atoms with van der Waals surface area (Å²) < 4.78 is 12.8. The van der Waals surface area contributed by atoms with Gasteiger partial charge >= 0.3 is 0 Å². The molecular weight excluding hydrogens is 338 g/mol. The van der Waals surface area contributed by atoms with Crippen molar-refractivity contribution in [3.63, 3.8) is 0 Å². The Labute approximate surface area is 167 Å². The third kappa shape index (κ3) is 5.68. The standard InChI is InChI=1S/C23H45NO3/c1-6-9-10-11-12-13-14-15-16-20-17-26-23(27-20)18-21(4,5)24(25)22(7-2,8-3)19-23/h20,25H,6-19H2,1-5H3. The van der Waals surface area contributed by atoms with Crippen molar-refractivity contribution in [3.8, 4) is 0 Å². The number of nitrogens with zero attached hydrogens (tertiary/aromatic N) is 1. The lowest BCUT2D eigenvalue weighted by Crippen LogP contribution is -2.66. The highest BCUT2D eigenvalue weighted by atomic mass is 16.7. The van der Waals surface area contributed by atoms with E-state index >= 15 is 0 Å². The van der Waals surface area contributed by atoms with E-state index in [9.17, 15) is 5.21 Å². The van der Waals surface area contributed by atoms with E-state index in [1.54, 1.807) is 5.06 Å². The van der Waals surface area contributed by atoms with Crippen molar-refractivity contribution < 1.29 is 14.7 Å². The first-order valence-corrected chi connectivity index (χ1v) is 11.6. The largest absolute Gasteiger partial charge is 0.347 e. The highest BCUT2D eigenvalue weighted by molar-refractivity contribution is 5.05. The lowest BCUT2D eigenvalue weighted by molar-refractivity contribution is -0.326. The average molecular weight is 384 g/mol. The van der Waals surface area contributed by atoms with Crippen LogP contribution in [-0.4, -0.2) is 39.8 Å². The third-order valence-corrected chi connectivity index (χ3v) is 6.93. The second kappa shape index (κ2) is 10.0. The van der Waals surface area contributed by atoms with Gasteiger partial charge in [0.1, 0.15) is 0 Å². The van der Waals surface area contributed by atoms with Crippen LogP contribution >= 0.6 is 0 Å². The van der Waals surface area contributed by atoms with Crippen LogP contribution in [0.4, 0.5) is 0 Å². The van der Waals surface area contributed by atoms with Crippen LogP contribution in [0.3, 0.4) is 0 Å². The quantitative estimate of drug-likeness (QED) is 0.416. The topological polar surface area (TPSA) is 41.9 Å². The van der Waals surface area contributed by atoms with Crippen LogP contribution in [0.5, 0.6) is 0 Å². The molecule has 2 atom stereocenters. The van der Waals surface area contributed by atoms with E-state index < -0.39 is 5.79 Å². The Kier molecular flexibility index (Phi) is 8.60. The molecule has 2 heterocycles. The predicted octanol–water partition coefficient (Wildman–Crippen LogP) is 6.45. The minimum atomic E-state index is -0.514. The minimum absolute atomic E-state index is 0.220. The van der Waals surface area contributed by atoms with Gasteiger partial charge in [-0.1, -0.05) is 72.1 Å². The van der Waals surface area contributed by atoms with E-state index in [4.69, 9.17) is 9.47 Å². The normalized spacial score (nSPS) is 30.2. The first-order valence-electron chi connectivity index (χ1n) is 11.6. The fourth-order valence-electron chi connectivity index (χ4n) is 5.26. The molecule has 0 bridgehead atoms. The van der Waals surface area contributed by atoms with Gasteiger partial charge in [-0.05, 0) is 33.1 Å². The first kappa shape index (κ1) is 23.1. The monoisotopic (exact) mass is 383 g/mol. The molecule has 4 heteroatoms. The van der Waals surface area contributed by atoms with Crippen LogP contribution in [0, 0.1) is 0 Å². The molecule has 0 aromatic carbocycles. The maximum Gasteiger partial charge on any atom is 0.172 e. The Balaban J connectivity index is 1.80. The summed E-state index contributed by atoms with van der Waals surface area (Å²) in [5.74, 6) is -0.514. The van der Waals surface area contributed by atoms with E-state index in [1.807, 2.05) is 0 Å². The van der Waals surface area contributed by atoms with Crippen LogP contribution in [0.15, 0.2) is 0 Å². The summed E-state index contributed by atoms with van der Waals surface area (Å²) >= 11 is 0. The second-order valence-corrected chi connectivity index (χ2v) is 9.63. The van der Waals surface area contributed by atoms with E-state index in [1.165, 1.54) is 51.4 Å². The van der Waals surface area contributed by atoms with Crippen molar-refractivity contribution in [1.29, 1.82) is 0 Å². The molecule has 0 aliphatic carbocycles. The molecule has 2 rings (SSSR count). The van der Waals surface area contributed by atoms with Gasteiger partial charge in [0.25, 0.3) is 0 Å². The molecule has 2 aliphatic rings. The summed E-state index contributed by atoms with van der Waals surface area (Å²) in [6, 6.07) is 0. The summed E-state index contributed by atoms with van der Waals surface area (Å²) in [6.07, 6.45) is 15.4. The summed E-state index contributed by atoms with van der Waals surface area (Å²) in [5.41, 5.74) is -0.590. The maximum absolute atomic E-state index is 10.9. The van der Waals surface area contributed by atoms with Gasteiger partial charge in [-0.2, -0.15) is 5.06 Å². The van der Waals surface area contributed by atoms with E-state index in [-0.39, 0.29) is 17.2 Å². The molecule has 160 valence electrons. The molecule has 0 amide bonds. The maximum atomic E-state index is 10.9. The average Bonchev–Trinajstić information content (AvgIpc) is 3.02. The van der Waals surface area contributed by atoms with Gasteiger partial charge in [-0.3, -0.25) is 0 Å². The number of ether oxygens (including phenoxy) is 2. The molecule has 2 saturated heterocycles. The lowest BCUT2D eigenvalue weighted by atomic mass is 9.73. The molecule has 0 aromatic heterocycles. The van der Waals surface area contributed by atoms with Crippen LogP contribution in [-0.2, 0) is 9.47 Å². The van der Waals surface area contributed by atoms with Crippen molar-refractivity contribution in [2.24, 2.45) is 0 Å². The van der Waals surface area contributed by atoms with Gasteiger partial charge in [0.2, 0.25) is 0 Å². The van der Waals surface area contributed by atoms with Crippen molar-refractivity contribution in [2.75, 3.05) is 6.61 Å². The number of hydrogen-bond donors (Lipinski definition) is 1. The van der Waals surface area contributed by atoms with Crippen molar-refractivity contribution >= 4 is 0 Å². The molecule has 0 radical (unpaired) electrons. The number of hydrogen-bond acceptors (Lipinski definition) is 4. The molecule has 27 heavy (non-hydrogen) atoms. The Hall–Kier alpha value is -0.160. The summed E-state index contributed by atoms with van der Waals surface area (Å²) in [5, 5.41) is 12.5. The van der Waals surface area contributed by atoms with Gasteiger partial charge < -0.3 is 14.7 Å². The van der Waals surface area contributed by atoms with Crippen molar-refractivity contribution in [3.05, 3.63) is 0 Å². The van der Waals surface area contributed by atoms with E-state index in [0.717, 1.165) is 32.1 Å². The summed E-state index contributed by atoms with van der Waals surface area (Å²) in [4.78, 5) is 0. The van der Waals surface area contributed by atoms with E-state index in [0.29, 0.717) is 6.61 Å². The number of unbranched alkanes of at least 4 members (excludes halogenated alkanes) is 7. The highest BCUT2D eigenvalue weighted by Crippen LogP contribution is 2.50. The fraction of sp³-hybridized carbons (Fsp3) is 1.00. The van der Waals surface area contributed by atoms with Gasteiger partial charge in [-0.15, -0.1) is 0 Å². The van der Waals surface area contributed by atoms with Gasteiger partial charge in [0, 0.05) is 18.4 Å². The first-order chi connectivity index (χ1) is 12.8. The smallest absolute Gasteiger partial charge is 0.172 e. The fourth-order valence-corrected chi connectivity index (χ4v) is 5.26. The Morgan fingerprint density at radius 1 is 0.889 bits per heavy atom. The third-order valence-electron chi connectivity index (χ3n) is 6.93. The van der Waals surface area contributed by atoms with Crippen LogP contribution in [0.2, 0.25) is 0 Å². The van der Waals surface area contributed by atoms with Crippen LogP contribution in [0.25, 0.3) is 0 Å². The number of hydroxylamine groups is 2. The number of piperidine rings is 1. The Morgan fingerprint density at radius 3 is 2.07 bits per heavy atom. The molecule has 0 aromatic rings. The lowest BCUT2D eigenvalue weighted by Gasteiger charge is -2.56. The van der Waals surface area contributed by atoms with Crippen molar-refractivity contribution in [2.45, 2.75) is 141 Å². The summed E-state index contributed by atoms with van der Waals surface area (Å²) in [7, 11) is 0.